The van der Waals surface area contributed by atoms with E-state index in [1.807, 2.05) is 0 Å². The van der Waals surface area contributed by atoms with E-state index in [0.29, 0.717) is 13.2 Å². The smallest absolute Gasteiger partial charge is 0.552 e. The molecule has 0 rings (SSSR count). The Bertz CT molecular complexity index is 544. The van der Waals surface area contributed by atoms with Gasteiger partial charge in [0.2, 0.25) is 11.6 Å². The average molecular weight is 538 g/mol. The quantitative estimate of drug-likeness (QED) is 0.110. The maximum absolute atomic E-state index is 10.9. The first-order valence-corrected chi connectivity index (χ1v) is 11.0. The summed E-state index contributed by atoms with van der Waals surface area (Å²) in [6, 6.07) is 0. The molecule has 10 nitrogen and oxygen atoms in total. The van der Waals surface area contributed by atoms with Crippen LogP contribution in [0.25, 0.3) is 0 Å². The second-order valence-corrected chi connectivity index (χ2v) is 7.29. The molecule has 0 aliphatic rings. The molecule has 0 aromatic heterocycles. The number of carbonyl (C=O) groups excluding carboxylic acids is 6. The van der Waals surface area contributed by atoms with Gasteiger partial charge in [0.05, 0.1) is 12.8 Å². The second-order valence-electron chi connectivity index (χ2n) is 7.29. The van der Waals surface area contributed by atoms with E-state index in [2.05, 4.69) is 0 Å². The Balaban J connectivity index is -0.000000128. The number of rotatable bonds is 14. The third kappa shape index (κ3) is 50.4. The molecule has 0 amide bonds. The fourth-order valence-corrected chi connectivity index (χ4v) is 1.38. The number of hydrogen-bond acceptors (Lipinski definition) is 10. The number of hydrogen-bond donors (Lipinski definition) is 2. The van der Waals surface area contributed by atoms with Crippen molar-refractivity contribution in [3.8, 4) is 0 Å². The van der Waals surface area contributed by atoms with Crippen LogP contribution in [0.3, 0.4) is 0 Å². The number of carbonyl (C=O) groups is 6. The van der Waals surface area contributed by atoms with Gasteiger partial charge in [-0.05, 0) is 55.4 Å². The van der Waals surface area contributed by atoms with Crippen LogP contribution >= 0.6 is 0 Å². The molecule has 0 heterocycles. The third-order valence-corrected chi connectivity index (χ3v) is 2.55. The molecule has 0 aromatic carbocycles. The summed E-state index contributed by atoms with van der Waals surface area (Å²) in [6.45, 7) is 16.5. The first-order valence-electron chi connectivity index (χ1n) is 11.0. The fourth-order valence-electron chi connectivity index (χ4n) is 1.38. The standard InChI is InChI=1S/2C9H13O4.2C3H8O.Ti/c2*1-3-13-5-4-8(11)9(12)6-7(2)10;2*1-3(2)4;/h2*5H,3-4,6H2,1-2H3;2*3-4H,1-2H3;/q2*-1;;;+2. The molecule has 0 atom stereocenters. The number of aliphatic hydroxyl groups excluding tert-OH is 2. The molecule has 35 heavy (non-hydrogen) atoms. The molecule has 0 saturated carbocycles. The zero-order chi connectivity index (χ0) is 27.7. The Labute approximate surface area is 224 Å². The molecule has 0 spiro atoms. The second kappa shape index (κ2) is 30.6. The van der Waals surface area contributed by atoms with Crippen molar-refractivity contribution in [3.05, 3.63) is 13.2 Å². The van der Waals surface area contributed by atoms with E-state index in [0.717, 1.165) is 0 Å². The van der Waals surface area contributed by atoms with Gasteiger partial charge in [-0.25, -0.2) is 13.2 Å². The number of aliphatic hydroxyl groups is 2. The van der Waals surface area contributed by atoms with Gasteiger partial charge in [0.25, 0.3) is 0 Å². The molecule has 11 heteroatoms. The van der Waals surface area contributed by atoms with Crippen molar-refractivity contribution in [2.45, 2.75) is 93.3 Å². The van der Waals surface area contributed by atoms with Crippen LogP contribution in [-0.2, 0) is 60.0 Å². The molecule has 0 saturated heterocycles. The summed E-state index contributed by atoms with van der Waals surface area (Å²) in [5, 5.41) is 16.1. The summed E-state index contributed by atoms with van der Waals surface area (Å²) in [4.78, 5) is 64.6. The SMILES string of the molecule is CC(C)O.CC(C)O.CCO[CH-]CC(=O)C(=O)CC(C)=O.CCO[CH-]CC(=O)C(=O)CC(C)=O.[Ti+2]. The van der Waals surface area contributed by atoms with E-state index < -0.39 is 23.1 Å². The van der Waals surface area contributed by atoms with Crippen LogP contribution in [0, 0.1) is 13.2 Å². The van der Waals surface area contributed by atoms with E-state index in [9.17, 15) is 28.8 Å². The van der Waals surface area contributed by atoms with E-state index >= 15 is 0 Å². The first-order chi connectivity index (χ1) is 15.6. The van der Waals surface area contributed by atoms with Gasteiger partial charge in [0.15, 0.2) is 11.6 Å². The van der Waals surface area contributed by atoms with Gasteiger partial charge in [-0.2, -0.15) is 0 Å². The van der Waals surface area contributed by atoms with Gasteiger partial charge in [-0.15, -0.1) is 0 Å². The Kier molecular flexibility index (Phi) is 38.2. The van der Waals surface area contributed by atoms with Gasteiger partial charge in [0, 0.05) is 25.4 Å². The maximum Gasteiger partial charge on any atom is 2.00 e. The van der Waals surface area contributed by atoms with Gasteiger partial charge in [-0.1, -0.05) is 12.8 Å². The van der Waals surface area contributed by atoms with Crippen LogP contribution in [-0.4, -0.2) is 70.3 Å². The number of ether oxygens (including phenoxy) is 2. The van der Waals surface area contributed by atoms with Crippen LogP contribution < -0.4 is 0 Å². The topological polar surface area (TPSA) is 161 Å². The minimum Gasteiger partial charge on any atom is -0.552 e. The molecule has 0 aliphatic carbocycles. The summed E-state index contributed by atoms with van der Waals surface area (Å²) < 4.78 is 9.55. The van der Waals surface area contributed by atoms with Crippen molar-refractivity contribution < 1.29 is 70.2 Å². The monoisotopic (exact) mass is 538 g/mol. The summed E-state index contributed by atoms with van der Waals surface area (Å²) in [5.41, 5.74) is 0. The Morgan fingerprint density at radius 1 is 0.629 bits per heavy atom. The zero-order valence-corrected chi connectivity index (χ0v) is 23.8. The van der Waals surface area contributed by atoms with Crippen molar-refractivity contribution in [1.82, 2.24) is 0 Å². The summed E-state index contributed by atoms with van der Waals surface area (Å²) in [7, 11) is 0. The van der Waals surface area contributed by atoms with Gasteiger partial charge >= 0.3 is 21.7 Å². The van der Waals surface area contributed by atoms with Gasteiger partial charge in [-0.3, -0.25) is 28.8 Å². The van der Waals surface area contributed by atoms with E-state index in [4.69, 9.17) is 19.7 Å². The first kappa shape index (κ1) is 43.6. The molecular weight excluding hydrogens is 496 g/mol. The normalized spacial score (nSPS) is 9.26. The van der Waals surface area contributed by atoms with E-state index in [1.165, 1.54) is 27.1 Å². The van der Waals surface area contributed by atoms with Crippen molar-refractivity contribution in [3.63, 3.8) is 0 Å². The predicted molar refractivity (Wildman–Crippen MR) is 126 cm³/mol. The Hall–Kier alpha value is -1.43. The minimum absolute atomic E-state index is 0. The fraction of sp³-hybridized carbons (Fsp3) is 0.667. The molecule has 0 fully saturated rings. The largest absolute Gasteiger partial charge is 2.00 e. The molecule has 0 aromatic rings. The van der Waals surface area contributed by atoms with Crippen LogP contribution in [0.2, 0.25) is 0 Å². The number of ketones is 6. The van der Waals surface area contributed by atoms with Crippen LogP contribution in [0.5, 0.6) is 0 Å². The van der Waals surface area contributed by atoms with Crippen molar-refractivity contribution >= 4 is 34.7 Å². The summed E-state index contributed by atoms with van der Waals surface area (Å²) >= 11 is 0. The molecule has 0 aliphatic heterocycles. The molecule has 0 radical (unpaired) electrons. The zero-order valence-electron chi connectivity index (χ0n) is 22.2. The van der Waals surface area contributed by atoms with Crippen molar-refractivity contribution in [1.29, 1.82) is 0 Å². The Morgan fingerprint density at radius 2 is 0.857 bits per heavy atom. The van der Waals surface area contributed by atoms with Gasteiger partial charge in [0.1, 0.15) is 11.6 Å². The van der Waals surface area contributed by atoms with E-state index in [1.54, 1.807) is 41.5 Å². The minimum atomic E-state index is -0.650. The summed E-state index contributed by atoms with van der Waals surface area (Å²) in [5.74, 6) is -3.05. The molecule has 2 N–H and O–H groups in total. The van der Waals surface area contributed by atoms with Crippen LogP contribution in [0.4, 0.5) is 0 Å². The van der Waals surface area contributed by atoms with Crippen LogP contribution in [0.1, 0.15) is 81.1 Å². The maximum atomic E-state index is 10.9. The molecule has 0 unspecified atom stereocenters. The van der Waals surface area contributed by atoms with E-state index in [-0.39, 0.29) is 71.2 Å². The average Bonchev–Trinajstić information content (AvgIpc) is 2.66. The van der Waals surface area contributed by atoms with Gasteiger partial charge < -0.3 is 19.7 Å². The molecular formula is C24H42O10Ti. The van der Waals surface area contributed by atoms with Crippen molar-refractivity contribution in [2.75, 3.05) is 13.2 Å². The molecule has 0 bridgehead atoms. The number of Topliss-reactive ketones (excluding diaryl/α,β-unsaturated/α-hetero) is 6. The van der Waals surface area contributed by atoms with Crippen molar-refractivity contribution in [2.24, 2.45) is 0 Å². The third-order valence-electron chi connectivity index (χ3n) is 2.55. The molecule has 202 valence electrons. The van der Waals surface area contributed by atoms with Crippen LogP contribution in [0.15, 0.2) is 0 Å². The predicted octanol–water partition coefficient (Wildman–Crippen LogP) is 2.16. The summed E-state index contributed by atoms with van der Waals surface area (Å²) in [6.07, 6.45) is -1.06. The Morgan fingerprint density at radius 3 is 1.03 bits per heavy atom.